The van der Waals surface area contributed by atoms with Crippen LogP contribution in [0.1, 0.15) is 71.4 Å². The molecule has 2 rings (SSSR count). The molecule has 1 atom stereocenters. The van der Waals surface area contributed by atoms with Gasteiger partial charge in [0.2, 0.25) is 23.6 Å². The van der Waals surface area contributed by atoms with Crippen molar-refractivity contribution < 1.29 is 33.4 Å². The van der Waals surface area contributed by atoms with Crippen molar-refractivity contribution in [2.45, 2.75) is 83.9 Å². The summed E-state index contributed by atoms with van der Waals surface area (Å²) >= 11 is 1.33. The van der Waals surface area contributed by atoms with Crippen molar-refractivity contribution in [3.05, 3.63) is 29.3 Å². The molecule has 0 bridgehead atoms. The number of ether oxygens (including phenoxy) is 2. The summed E-state index contributed by atoms with van der Waals surface area (Å²) in [5.74, 6) is 0.247. The Kier molecular flexibility index (Phi) is 19.7. The summed E-state index contributed by atoms with van der Waals surface area (Å²) in [5.41, 5.74) is 1.57. The summed E-state index contributed by atoms with van der Waals surface area (Å²) in [6, 6.07) is 5.77. The number of amides is 5. The standard InChI is InChI=1S/C38H64N6O7S/c1-10-30-25-29(13-14-31(30)51-37(49)43(20-11-18-41(6)7)21-12-19-42(8)9)16-23-50-27-34(46)39-17-24-52-32-26-35(47)44(36(32)48)22-15-33(45)40-38(4,5)28(2)3/h13-14,25,28,32H,10-12,15-24,26-27H2,1-9H3,(H,39,46)(H,40,45). The van der Waals surface area contributed by atoms with E-state index < -0.39 is 5.25 Å². The number of hydrogen-bond donors (Lipinski definition) is 2. The fraction of sp³-hybridized carbons (Fsp3) is 0.711. The molecule has 14 heteroatoms. The number of hydrogen-bond acceptors (Lipinski definition) is 10. The molecule has 2 N–H and O–H groups in total. The molecular formula is C38H64N6O7S. The number of nitrogens with zero attached hydrogens (tertiary/aromatic N) is 4. The molecule has 1 saturated heterocycles. The second-order valence-corrected chi connectivity index (χ2v) is 16.0. The summed E-state index contributed by atoms with van der Waals surface area (Å²) in [5, 5.41) is 5.25. The van der Waals surface area contributed by atoms with Gasteiger partial charge in [0.1, 0.15) is 12.4 Å². The Morgan fingerprint density at radius 3 is 2.25 bits per heavy atom. The maximum absolute atomic E-state index is 13.2. The second-order valence-electron chi connectivity index (χ2n) is 14.7. The van der Waals surface area contributed by atoms with E-state index in [1.807, 2.05) is 81.0 Å². The van der Waals surface area contributed by atoms with E-state index in [0.717, 1.165) is 37.1 Å². The number of aryl methyl sites for hydroxylation is 1. The Hall–Kier alpha value is -3.20. The normalized spacial score (nSPS) is 14.8. The van der Waals surface area contributed by atoms with Crippen LogP contribution >= 0.6 is 11.8 Å². The lowest BCUT2D eigenvalue weighted by atomic mass is 9.90. The molecule has 1 unspecified atom stereocenters. The number of carbonyl (C=O) groups excluding carboxylic acids is 5. The largest absolute Gasteiger partial charge is 0.415 e. The zero-order chi connectivity index (χ0) is 38.8. The molecule has 1 aliphatic heterocycles. The van der Waals surface area contributed by atoms with Gasteiger partial charge in [0.25, 0.3) is 0 Å². The smallest absolute Gasteiger partial charge is 0.410 e. The van der Waals surface area contributed by atoms with Crippen LogP contribution in [-0.4, -0.2) is 147 Å². The van der Waals surface area contributed by atoms with E-state index in [9.17, 15) is 24.0 Å². The van der Waals surface area contributed by atoms with Gasteiger partial charge in [-0.25, -0.2) is 4.79 Å². The summed E-state index contributed by atoms with van der Waals surface area (Å²) < 4.78 is 11.5. The number of benzene rings is 1. The minimum atomic E-state index is -0.515. The second kappa shape index (κ2) is 22.8. The van der Waals surface area contributed by atoms with Gasteiger partial charge in [-0.2, -0.15) is 0 Å². The van der Waals surface area contributed by atoms with Crippen LogP contribution in [0.15, 0.2) is 18.2 Å². The van der Waals surface area contributed by atoms with Crippen LogP contribution in [0.5, 0.6) is 5.75 Å². The predicted molar refractivity (Wildman–Crippen MR) is 207 cm³/mol. The predicted octanol–water partition coefficient (Wildman–Crippen LogP) is 3.43. The molecule has 5 amide bonds. The molecule has 1 heterocycles. The first-order chi connectivity index (χ1) is 24.5. The molecule has 0 spiro atoms. The molecular weight excluding hydrogens is 685 g/mol. The quantitative estimate of drug-likeness (QED) is 0.119. The molecule has 1 aromatic rings. The third-order valence-electron chi connectivity index (χ3n) is 9.21. The van der Waals surface area contributed by atoms with Crippen molar-refractivity contribution in [3.8, 4) is 5.75 Å². The number of imide groups is 1. The molecule has 1 aromatic carbocycles. The van der Waals surface area contributed by atoms with Crippen molar-refractivity contribution in [3.63, 3.8) is 0 Å². The lowest BCUT2D eigenvalue weighted by molar-refractivity contribution is -0.138. The topological polar surface area (TPSA) is 141 Å². The van der Waals surface area contributed by atoms with E-state index in [0.29, 0.717) is 50.6 Å². The molecule has 294 valence electrons. The van der Waals surface area contributed by atoms with Gasteiger partial charge in [0.15, 0.2) is 0 Å². The third kappa shape index (κ3) is 16.2. The average molecular weight is 749 g/mol. The van der Waals surface area contributed by atoms with E-state index in [1.54, 1.807) is 4.90 Å². The van der Waals surface area contributed by atoms with Crippen LogP contribution in [0.4, 0.5) is 4.79 Å². The van der Waals surface area contributed by atoms with E-state index in [1.165, 1.54) is 16.7 Å². The first-order valence-corrected chi connectivity index (χ1v) is 19.6. The highest BCUT2D eigenvalue weighted by molar-refractivity contribution is 8.00. The highest BCUT2D eigenvalue weighted by Gasteiger charge is 2.38. The lowest BCUT2D eigenvalue weighted by Crippen LogP contribution is -2.48. The van der Waals surface area contributed by atoms with Crippen LogP contribution in [-0.2, 0) is 36.8 Å². The maximum Gasteiger partial charge on any atom is 0.415 e. The Morgan fingerprint density at radius 2 is 1.65 bits per heavy atom. The SMILES string of the molecule is CCc1cc(CCOCC(=O)NCCSC2CC(=O)N(CCC(=O)NC(C)(C)C(C)C)C2=O)ccc1OC(=O)N(CCCN(C)C)CCCN(C)C. The molecule has 0 saturated carbocycles. The van der Waals surface area contributed by atoms with Gasteiger partial charge in [-0.3, -0.25) is 24.1 Å². The van der Waals surface area contributed by atoms with Crippen LogP contribution in [0.25, 0.3) is 0 Å². The van der Waals surface area contributed by atoms with E-state index in [-0.39, 0.29) is 67.2 Å². The Labute approximate surface area is 315 Å². The van der Waals surface area contributed by atoms with Crippen LogP contribution in [0, 0.1) is 5.92 Å². The number of rotatable bonds is 24. The van der Waals surface area contributed by atoms with Gasteiger partial charge in [-0.15, -0.1) is 11.8 Å². The van der Waals surface area contributed by atoms with Gasteiger partial charge in [0.05, 0.1) is 11.9 Å². The summed E-state index contributed by atoms with van der Waals surface area (Å²) in [4.78, 5) is 70.3. The van der Waals surface area contributed by atoms with E-state index in [2.05, 4.69) is 20.4 Å². The monoisotopic (exact) mass is 748 g/mol. The number of likely N-dealkylation sites (tertiary alicyclic amines) is 1. The highest BCUT2D eigenvalue weighted by Crippen LogP contribution is 2.25. The highest BCUT2D eigenvalue weighted by atomic mass is 32.2. The van der Waals surface area contributed by atoms with Crippen LogP contribution in [0.2, 0.25) is 0 Å². The van der Waals surface area contributed by atoms with Crippen molar-refractivity contribution >= 4 is 41.5 Å². The summed E-state index contributed by atoms with van der Waals surface area (Å²) in [7, 11) is 8.09. The Bertz CT molecular complexity index is 1310. The molecule has 1 aliphatic rings. The summed E-state index contributed by atoms with van der Waals surface area (Å²) in [6.07, 6.45) is 2.85. The molecule has 0 aromatic heterocycles. The van der Waals surface area contributed by atoms with Crippen LogP contribution < -0.4 is 15.4 Å². The average Bonchev–Trinajstić information content (AvgIpc) is 3.34. The van der Waals surface area contributed by atoms with E-state index in [4.69, 9.17) is 9.47 Å². The zero-order valence-corrected chi connectivity index (χ0v) is 33.9. The minimum Gasteiger partial charge on any atom is -0.410 e. The van der Waals surface area contributed by atoms with Gasteiger partial charge in [-0.1, -0.05) is 32.9 Å². The number of thioether (sulfide) groups is 1. The van der Waals surface area contributed by atoms with Crippen molar-refractivity contribution in [2.75, 3.05) is 86.4 Å². The Balaban J connectivity index is 1.72. The van der Waals surface area contributed by atoms with E-state index >= 15 is 0 Å². The number of nitrogens with one attached hydrogen (secondary N) is 2. The van der Waals surface area contributed by atoms with Crippen molar-refractivity contribution in [2.24, 2.45) is 5.92 Å². The third-order valence-corrected chi connectivity index (χ3v) is 10.4. The molecule has 13 nitrogen and oxygen atoms in total. The number of carbonyl (C=O) groups is 5. The molecule has 1 fully saturated rings. The Morgan fingerprint density at radius 1 is 1.00 bits per heavy atom. The summed E-state index contributed by atoms with van der Waals surface area (Å²) in [6.45, 7) is 13.6. The van der Waals surface area contributed by atoms with Gasteiger partial charge in [0, 0.05) is 50.3 Å². The van der Waals surface area contributed by atoms with Crippen LogP contribution in [0.3, 0.4) is 0 Å². The first-order valence-electron chi connectivity index (χ1n) is 18.5. The lowest BCUT2D eigenvalue weighted by Gasteiger charge is -2.30. The molecule has 52 heavy (non-hydrogen) atoms. The van der Waals surface area contributed by atoms with Crippen molar-refractivity contribution in [1.82, 2.24) is 30.2 Å². The van der Waals surface area contributed by atoms with Gasteiger partial charge < -0.3 is 34.8 Å². The first kappa shape index (κ1) is 45.0. The maximum atomic E-state index is 13.2. The fourth-order valence-electron chi connectivity index (χ4n) is 5.37. The molecule has 0 aliphatic carbocycles. The van der Waals surface area contributed by atoms with Gasteiger partial charge >= 0.3 is 6.09 Å². The minimum absolute atomic E-state index is 0.0634. The molecule has 0 radical (unpaired) electrons. The van der Waals surface area contributed by atoms with Crippen molar-refractivity contribution in [1.29, 1.82) is 0 Å². The fourth-order valence-corrected chi connectivity index (χ4v) is 6.40. The van der Waals surface area contributed by atoms with Gasteiger partial charge in [-0.05, 0) is 104 Å². The zero-order valence-electron chi connectivity index (χ0n) is 33.0.